The Morgan fingerprint density at radius 3 is 2.62 bits per heavy atom. The van der Waals surface area contributed by atoms with E-state index in [4.69, 9.17) is 4.74 Å². The van der Waals surface area contributed by atoms with Crippen LogP contribution in [0.4, 0.5) is 4.39 Å². The summed E-state index contributed by atoms with van der Waals surface area (Å²) in [5.41, 5.74) is 0.567. The number of aryl methyl sites for hydroxylation is 1. The molecule has 2 rings (SSSR count). The maximum absolute atomic E-state index is 13.5. The van der Waals surface area contributed by atoms with Crippen LogP contribution < -0.4 is 4.74 Å². The van der Waals surface area contributed by atoms with E-state index in [0.717, 1.165) is 0 Å². The van der Waals surface area contributed by atoms with E-state index in [0.29, 0.717) is 17.6 Å². The number of hydrogen-bond donors (Lipinski definition) is 0. The van der Waals surface area contributed by atoms with E-state index in [9.17, 15) is 4.39 Å². The maximum atomic E-state index is 13.5. The summed E-state index contributed by atoms with van der Waals surface area (Å²) in [7, 11) is 1.46. The maximum Gasteiger partial charge on any atom is 0.228 e. The third-order valence-corrected chi connectivity index (χ3v) is 2.11. The molecule has 88 valence electrons. The molecule has 0 atom stereocenters. The Morgan fingerprint density at radius 2 is 2.06 bits per heavy atom. The fourth-order valence-corrected chi connectivity index (χ4v) is 1.45. The average Bonchev–Trinajstić information content (AvgIpc) is 2.69. The SMILES string of the molecule is CC.CCn1cc(F)c2c(OC)ncnc21. The largest absolute Gasteiger partial charge is 0.480 e. The van der Waals surface area contributed by atoms with Crippen molar-refractivity contribution in [2.45, 2.75) is 27.3 Å². The van der Waals surface area contributed by atoms with E-state index in [1.165, 1.54) is 19.6 Å². The van der Waals surface area contributed by atoms with Crippen molar-refractivity contribution in [2.75, 3.05) is 7.11 Å². The van der Waals surface area contributed by atoms with Gasteiger partial charge in [-0.2, -0.15) is 0 Å². The van der Waals surface area contributed by atoms with Crippen molar-refractivity contribution in [1.29, 1.82) is 0 Å². The van der Waals surface area contributed by atoms with Crippen LogP contribution in [0.5, 0.6) is 5.88 Å². The summed E-state index contributed by atoms with van der Waals surface area (Å²) in [5, 5.41) is 0.344. The Labute approximate surface area is 94.1 Å². The van der Waals surface area contributed by atoms with Gasteiger partial charge in [-0.1, -0.05) is 13.8 Å². The van der Waals surface area contributed by atoms with E-state index in [-0.39, 0.29) is 11.7 Å². The van der Waals surface area contributed by atoms with Crippen molar-refractivity contribution in [1.82, 2.24) is 14.5 Å². The third kappa shape index (κ3) is 1.98. The van der Waals surface area contributed by atoms with Crippen molar-refractivity contribution < 1.29 is 9.13 Å². The van der Waals surface area contributed by atoms with Gasteiger partial charge in [-0.25, -0.2) is 14.4 Å². The monoisotopic (exact) mass is 225 g/mol. The molecule has 0 N–H and O–H groups in total. The van der Waals surface area contributed by atoms with Crippen LogP contribution >= 0.6 is 0 Å². The van der Waals surface area contributed by atoms with Gasteiger partial charge in [0.05, 0.1) is 7.11 Å². The predicted octanol–water partition coefficient (Wildman–Crippen LogP) is 2.63. The summed E-state index contributed by atoms with van der Waals surface area (Å²) in [6.45, 7) is 6.59. The van der Waals surface area contributed by atoms with Crippen molar-refractivity contribution in [3.8, 4) is 5.88 Å². The van der Waals surface area contributed by atoms with Gasteiger partial charge in [0.15, 0.2) is 5.82 Å². The van der Waals surface area contributed by atoms with Crippen LogP contribution in [-0.2, 0) is 6.54 Å². The molecule has 4 nitrogen and oxygen atoms in total. The molecule has 0 saturated carbocycles. The van der Waals surface area contributed by atoms with Crippen LogP contribution in [0.2, 0.25) is 0 Å². The van der Waals surface area contributed by atoms with E-state index in [1.54, 1.807) is 4.57 Å². The molecule has 0 unspecified atom stereocenters. The molecular weight excluding hydrogens is 209 g/mol. The normalized spacial score (nSPS) is 9.81. The lowest BCUT2D eigenvalue weighted by atomic mass is 10.4. The van der Waals surface area contributed by atoms with Gasteiger partial charge in [0.2, 0.25) is 5.88 Å². The predicted molar refractivity (Wildman–Crippen MR) is 61.1 cm³/mol. The first kappa shape index (κ1) is 12.4. The highest BCUT2D eigenvalue weighted by Gasteiger charge is 2.14. The summed E-state index contributed by atoms with van der Waals surface area (Å²) < 4.78 is 20.1. The topological polar surface area (TPSA) is 39.9 Å². The highest BCUT2D eigenvalue weighted by atomic mass is 19.1. The molecule has 0 saturated heterocycles. The van der Waals surface area contributed by atoms with E-state index < -0.39 is 0 Å². The molecule has 5 heteroatoms. The quantitative estimate of drug-likeness (QED) is 0.788. The van der Waals surface area contributed by atoms with Crippen molar-refractivity contribution in [3.63, 3.8) is 0 Å². The summed E-state index contributed by atoms with van der Waals surface area (Å²) in [5.74, 6) is -0.0704. The van der Waals surface area contributed by atoms with Gasteiger partial charge < -0.3 is 9.30 Å². The second kappa shape index (κ2) is 5.44. The number of aromatic nitrogens is 3. The van der Waals surface area contributed by atoms with Crippen LogP contribution in [0.15, 0.2) is 12.5 Å². The molecule has 0 aliphatic rings. The standard InChI is InChI=1S/C9H10FN3O.C2H6/c1-3-13-4-6(10)7-8(13)11-5-12-9(7)14-2;1-2/h4-5H,3H2,1-2H3;1-2H3. The highest BCUT2D eigenvalue weighted by molar-refractivity contribution is 5.82. The Morgan fingerprint density at radius 1 is 1.38 bits per heavy atom. The zero-order chi connectivity index (χ0) is 12.1. The van der Waals surface area contributed by atoms with Gasteiger partial charge in [-0.05, 0) is 6.92 Å². The molecule has 0 amide bonds. The van der Waals surface area contributed by atoms with E-state index in [2.05, 4.69) is 9.97 Å². The number of rotatable bonds is 2. The molecule has 0 fully saturated rings. The minimum absolute atomic E-state index is 0.278. The van der Waals surface area contributed by atoms with Gasteiger partial charge in [0.1, 0.15) is 17.4 Å². The fourth-order valence-electron chi connectivity index (χ4n) is 1.45. The van der Waals surface area contributed by atoms with Crippen LogP contribution in [0.3, 0.4) is 0 Å². The molecule has 0 aliphatic carbocycles. The van der Waals surface area contributed by atoms with Gasteiger partial charge in [-0.15, -0.1) is 0 Å². The Kier molecular flexibility index (Phi) is 4.22. The zero-order valence-corrected chi connectivity index (χ0v) is 9.99. The number of ether oxygens (including phenoxy) is 1. The first-order valence-corrected chi connectivity index (χ1v) is 5.31. The first-order chi connectivity index (χ1) is 7.77. The summed E-state index contributed by atoms with van der Waals surface area (Å²) in [4.78, 5) is 7.86. The first-order valence-electron chi connectivity index (χ1n) is 5.31. The van der Waals surface area contributed by atoms with Crippen LogP contribution in [-0.4, -0.2) is 21.6 Å². The molecular formula is C11H16FN3O. The smallest absolute Gasteiger partial charge is 0.228 e. The lowest BCUT2D eigenvalue weighted by Crippen LogP contribution is -1.95. The van der Waals surface area contributed by atoms with Crippen molar-refractivity contribution >= 4 is 11.0 Å². The molecule has 2 aromatic rings. The molecule has 2 heterocycles. The molecule has 0 spiro atoms. The van der Waals surface area contributed by atoms with Gasteiger partial charge >= 0.3 is 0 Å². The van der Waals surface area contributed by atoms with Crippen LogP contribution in [0, 0.1) is 5.82 Å². The van der Waals surface area contributed by atoms with Gasteiger partial charge in [-0.3, -0.25) is 0 Å². The van der Waals surface area contributed by atoms with Crippen molar-refractivity contribution in [3.05, 3.63) is 18.3 Å². The lowest BCUT2D eigenvalue weighted by Gasteiger charge is -2.00. The third-order valence-electron chi connectivity index (χ3n) is 2.11. The highest BCUT2D eigenvalue weighted by Crippen LogP contribution is 2.25. The number of hydrogen-bond acceptors (Lipinski definition) is 3. The van der Waals surface area contributed by atoms with Crippen molar-refractivity contribution in [2.24, 2.45) is 0 Å². The number of halogens is 1. The summed E-state index contributed by atoms with van der Waals surface area (Å²) in [6, 6.07) is 0. The molecule has 16 heavy (non-hydrogen) atoms. The summed E-state index contributed by atoms with van der Waals surface area (Å²) >= 11 is 0. The molecule has 0 aromatic carbocycles. The average molecular weight is 225 g/mol. The second-order valence-corrected chi connectivity index (χ2v) is 2.84. The van der Waals surface area contributed by atoms with Gasteiger partial charge in [0, 0.05) is 12.7 Å². The Hall–Kier alpha value is -1.65. The number of fused-ring (bicyclic) bond motifs is 1. The summed E-state index contributed by atoms with van der Waals surface area (Å²) in [6.07, 6.45) is 2.77. The second-order valence-electron chi connectivity index (χ2n) is 2.84. The number of methoxy groups -OCH3 is 1. The number of nitrogens with zero attached hydrogens (tertiary/aromatic N) is 3. The van der Waals surface area contributed by atoms with Gasteiger partial charge in [0.25, 0.3) is 0 Å². The Balaban J connectivity index is 0.000000606. The molecule has 0 bridgehead atoms. The lowest BCUT2D eigenvalue weighted by molar-refractivity contribution is 0.401. The van der Waals surface area contributed by atoms with E-state index >= 15 is 0 Å². The molecule has 0 aliphatic heterocycles. The molecule has 0 radical (unpaired) electrons. The van der Waals surface area contributed by atoms with Crippen LogP contribution in [0.1, 0.15) is 20.8 Å². The molecule has 2 aromatic heterocycles. The minimum atomic E-state index is -0.348. The fraction of sp³-hybridized carbons (Fsp3) is 0.455. The van der Waals surface area contributed by atoms with E-state index in [1.807, 2.05) is 20.8 Å². The van der Waals surface area contributed by atoms with Crippen LogP contribution in [0.25, 0.3) is 11.0 Å². The zero-order valence-electron chi connectivity index (χ0n) is 9.99. The Bertz CT molecular complexity index is 467. The minimum Gasteiger partial charge on any atom is -0.480 e.